The van der Waals surface area contributed by atoms with Gasteiger partial charge in [0.2, 0.25) is 5.91 Å². The Morgan fingerprint density at radius 1 is 0.500 bits per heavy atom. The Bertz CT molecular complexity index is 1390. The molecule has 0 saturated heterocycles. The van der Waals surface area contributed by atoms with Crippen LogP contribution in [0.25, 0.3) is 0 Å². The van der Waals surface area contributed by atoms with Crippen molar-refractivity contribution in [3.8, 4) is 0 Å². The molecule has 3 atom stereocenters. The van der Waals surface area contributed by atoms with E-state index in [0.717, 1.165) is 70.6 Å². The first-order chi connectivity index (χ1) is 32.1. The minimum absolute atomic E-state index is 0.141. The first-order valence-electron chi connectivity index (χ1n) is 26.0. The predicted octanol–water partition coefficient (Wildman–Crippen LogP) is 14.5. The molecule has 0 heterocycles. The van der Waals surface area contributed by atoms with Gasteiger partial charge in [0.1, 0.15) is 12.7 Å². The molecule has 0 aromatic heterocycles. The van der Waals surface area contributed by atoms with Crippen molar-refractivity contribution < 1.29 is 47.8 Å². The van der Waals surface area contributed by atoms with Crippen LogP contribution < -0.4 is 5.32 Å². The van der Waals surface area contributed by atoms with Crippen LogP contribution in [-0.2, 0) is 32.7 Å². The average Bonchev–Trinajstić information content (AvgIpc) is 3.29. The summed E-state index contributed by atoms with van der Waals surface area (Å²) < 4.78 is 26.9. The fourth-order valence-corrected chi connectivity index (χ4v) is 7.76. The van der Waals surface area contributed by atoms with Crippen LogP contribution >= 0.6 is 7.82 Å². The third kappa shape index (κ3) is 47.4. The van der Waals surface area contributed by atoms with Crippen LogP contribution in [0.1, 0.15) is 219 Å². The maximum Gasteiger partial charge on any atom is 0.472 e. The molecule has 3 unspecified atom stereocenters. The number of hydrogen-bond acceptors (Lipinski definition) is 8. The van der Waals surface area contributed by atoms with Crippen LogP contribution in [-0.4, -0.2) is 64.9 Å². The van der Waals surface area contributed by atoms with E-state index in [0.29, 0.717) is 12.8 Å². The number of phosphoric acid groups is 1. The molecular formula is C54H94NO10P. The third-order valence-electron chi connectivity index (χ3n) is 11.0. The number of carbonyl (C=O) groups excluding carboxylic acids is 2. The van der Waals surface area contributed by atoms with E-state index in [9.17, 15) is 34.1 Å². The van der Waals surface area contributed by atoms with Gasteiger partial charge >= 0.3 is 19.8 Å². The van der Waals surface area contributed by atoms with Crippen LogP contribution in [0.3, 0.4) is 0 Å². The molecule has 0 saturated carbocycles. The minimum Gasteiger partial charge on any atom is -0.480 e. The molecular weight excluding hydrogens is 854 g/mol. The van der Waals surface area contributed by atoms with Crippen molar-refractivity contribution in [1.82, 2.24) is 5.32 Å². The number of carbonyl (C=O) groups is 3. The summed E-state index contributed by atoms with van der Waals surface area (Å²) in [7, 11) is -4.77. The zero-order valence-electron chi connectivity index (χ0n) is 41.5. The number of allylic oxidation sites excluding steroid dienone is 12. The van der Waals surface area contributed by atoms with E-state index in [-0.39, 0.29) is 12.8 Å². The lowest BCUT2D eigenvalue weighted by atomic mass is 10.0. The molecule has 4 N–H and O–H groups in total. The summed E-state index contributed by atoms with van der Waals surface area (Å²) in [6, 6.07) is -1.55. The fourth-order valence-electron chi connectivity index (χ4n) is 6.98. The van der Waals surface area contributed by atoms with Crippen molar-refractivity contribution >= 4 is 25.7 Å². The van der Waals surface area contributed by atoms with Gasteiger partial charge in [-0.15, -0.1) is 0 Å². The average molecular weight is 948 g/mol. The van der Waals surface area contributed by atoms with E-state index in [1.54, 1.807) is 0 Å². The van der Waals surface area contributed by atoms with Gasteiger partial charge in [0.15, 0.2) is 6.04 Å². The minimum atomic E-state index is -4.77. The highest BCUT2D eigenvalue weighted by atomic mass is 31.2. The number of rotatable bonds is 48. The Balaban J connectivity index is 3.86. The summed E-state index contributed by atoms with van der Waals surface area (Å²) in [5, 5.41) is 21.9. The van der Waals surface area contributed by atoms with Crippen molar-refractivity contribution in [3.63, 3.8) is 0 Å². The SMILES string of the molecule is CC/C=C\C/C=C\C/C=C\C/C=C\C/C=C\CCCCCC(=O)OCC(O)COP(=O)(O)OCC(NC(=O)CCCCCCCCCCCCCCC/C=C/CCCCCCCC)C(=O)O. The van der Waals surface area contributed by atoms with Gasteiger partial charge in [-0.2, -0.15) is 0 Å². The highest BCUT2D eigenvalue weighted by Gasteiger charge is 2.28. The number of carboxylic acid groups (broad SMARTS) is 1. The van der Waals surface area contributed by atoms with Crippen molar-refractivity contribution in [3.05, 3.63) is 72.9 Å². The van der Waals surface area contributed by atoms with Gasteiger partial charge in [-0.05, 0) is 83.5 Å². The second kappa shape index (κ2) is 48.4. The highest BCUT2D eigenvalue weighted by Crippen LogP contribution is 2.43. The molecule has 0 radical (unpaired) electrons. The number of carboxylic acids is 1. The molecule has 1 amide bonds. The molecule has 0 aliphatic rings. The van der Waals surface area contributed by atoms with Gasteiger partial charge in [0.25, 0.3) is 0 Å². The summed E-state index contributed by atoms with van der Waals surface area (Å²) in [5.74, 6) is -2.41. The molecule has 12 heteroatoms. The maximum absolute atomic E-state index is 12.4. The molecule has 0 aliphatic carbocycles. The van der Waals surface area contributed by atoms with E-state index in [1.807, 2.05) is 0 Å². The van der Waals surface area contributed by atoms with Crippen LogP contribution in [0.5, 0.6) is 0 Å². The van der Waals surface area contributed by atoms with E-state index >= 15 is 0 Å². The Morgan fingerprint density at radius 3 is 1.35 bits per heavy atom. The zero-order valence-corrected chi connectivity index (χ0v) is 42.4. The lowest BCUT2D eigenvalue weighted by Crippen LogP contribution is -2.43. The molecule has 0 aromatic rings. The van der Waals surface area contributed by atoms with Crippen LogP contribution in [0, 0.1) is 0 Å². The second-order valence-electron chi connectivity index (χ2n) is 17.3. The van der Waals surface area contributed by atoms with Gasteiger partial charge in [0.05, 0.1) is 13.2 Å². The van der Waals surface area contributed by atoms with Crippen molar-refractivity contribution in [1.29, 1.82) is 0 Å². The zero-order chi connectivity index (χ0) is 48.4. The standard InChI is InChI=1S/C54H94NO10P/c1-3-5-7-9-11-13-15-17-19-21-23-24-25-26-28-29-31-33-35-37-39-41-43-45-52(57)55-51(54(59)60)49-65-66(61,62)64-48-50(56)47-63-53(58)46-44-42-40-38-36-34-32-30-27-22-20-18-16-14-12-10-8-6-4-2/h6,8,12,14,17-20,27,30,34,36,50-51,56H,3-5,7,9-11,13,15-16,21-26,28-29,31-33,35,37-49H2,1-2H3,(H,55,57)(H,59,60)(H,61,62)/b8-6-,14-12-,19-17+,20-18-,30-27-,36-34-. The highest BCUT2D eigenvalue weighted by molar-refractivity contribution is 7.47. The van der Waals surface area contributed by atoms with E-state index in [2.05, 4.69) is 92.1 Å². The third-order valence-corrected chi connectivity index (χ3v) is 11.9. The van der Waals surface area contributed by atoms with Crippen molar-refractivity contribution in [2.75, 3.05) is 19.8 Å². The van der Waals surface area contributed by atoms with Gasteiger partial charge < -0.3 is 25.2 Å². The summed E-state index contributed by atoms with van der Waals surface area (Å²) in [6.07, 6.45) is 59.2. The maximum atomic E-state index is 12.4. The largest absolute Gasteiger partial charge is 0.480 e. The molecule has 66 heavy (non-hydrogen) atoms. The molecule has 0 rings (SSSR count). The van der Waals surface area contributed by atoms with Crippen LogP contribution in [0.2, 0.25) is 0 Å². The second-order valence-corrected chi connectivity index (χ2v) is 18.8. The number of ether oxygens (including phenoxy) is 1. The van der Waals surface area contributed by atoms with E-state index in [4.69, 9.17) is 13.8 Å². The Hall–Kier alpha value is -3.08. The van der Waals surface area contributed by atoms with Crippen LogP contribution in [0.15, 0.2) is 72.9 Å². The lowest BCUT2D eigenvalue weighted by Gasteiger charge is -2.18. The quantitative estimate of drug-likeness (QED) is 0.0199. The lowest BCUT2D eigenvalue weighted by molar-refractivity contribution is -0.147. The number of hydrogen-bond donors (Lipinski definition) is 4. The number of aliphatic hydroxyl groups excluding tert-OH is 1. The fraction of sp³-hybridized carbons (Fsp3) is 0.722. The van der Waals surface area contributed by atoms with Gasteiger partial charge in [-0.3, -0.25) is 18.6 Å². The van der Waals surface area contributed by atoms with Crippen molar-refractivity contribution in [2.45, 2.75) is 231 Å². The normalized spacial score (nSPS) is 14.1. The summed E-state index contributed by atoms with van der Waals surface area (Å²) in [4.78, 5) is 46.1. The summed E-state index contributed by atoms with van der Waals surface area (Å²) in [6.45, 7) is 2.46. The molecule has 0 aliphatic heterocycles. The predicted molar refractivity (Wildman–Crippen MR) is 272 cm³/mol. The number of phosphoric ester groups is 1. The number of unbranched alkanes of at least 4 members (excludes halogenated alkanes) is 22. The first kappa shape index (κ1) is 62.9. The molecule has 0 spiro atoms. The Labute approximate surface area is 401 Å². The smallest absolute Gasteiger partial charge is 0.472 e. The van der Waals surface area contributed by atoms with Crippen LogP contribution in [0.4, 0.5) is 0 Å². The molecule has 0 fully saturated rings. The summed E-state index contributed by atoms with van der Waals surface area (Å²) >= 11 is 0. The Kier molecular flexibility index (Phi) is 46.1. The van der Waals surface area contributed by atoms with E-state index < -0.39 is 57.6 Å². The topological polar surface area (TPSA) is 169 Å². The molecule has 11 nitrogen and oxygen atoms in total. The van der Waals surface area contributed by atoms with Crippen molar-refractivity contribution in [2.24, 2.45) is 0 Å². The van der Waals surface area contributed by atoms with Gasteiger partial charge in [-0.1, -0.05) is 196 Å². The number of aliphatic carboxylic acids is 1. The first-order valence-corrected chi connectivity index (χ1v) is 27.5. The summed E-state index contributed by atoms with van der Waals surface area (Å²) in [5.41, 5.74) is 0. The molecule has 0 aromatic carbocycles. The monoisotopic (exact) mass is 948 g/mol. The molecule has 380 valence electrons. The molecule has 0 bridgehead atoms. The number of esters is 1. The van der Waals surface area contributed by atoms with Gasteiger partial charge in [0, 0.05) is 12.8 Å². The van der Waals surface area contributed by atoms with Gasteiger partial charge in [-0.25, -0.2) is 9.36 Å². The number of nitrogens with one attached hydrogen (secondary N) is 1. The van der Waals surface area contributed by atoms with E-state index in [1.165, 1.54) is 109 Å². The number of amides is 1. The number of aliphatic hydroxyl groups is 1. The Morgan fingerprint density at radius 2 is 0.879 bits per heavy atom.